The first-order valence-corrected chi connectivity index (χ1v) is 23.1. The van der Waals surface area contributed by atoms with Crippen LogP contribution in [-0.2, 0) is 10.3 Å². The summed E-state index contributed by atoms with van der Waals surface area (Å²) in [6.45, 7) is 9.65. The van der Waals surface area contributed by atoms with Crippen molar-refractivity contribution in [1.82, 2.24) is 40.2 Å². The van der Waals surface area contributed by atoms with E-state index in [1.165, 1.54) is 38.5 Å². The molecule has 6 aromatic heterocycles. The SMILES string of the molecule is C1CCOC1.Cc1noc(C)c1-c1cc(C(=O)c2ccccn2)c2nc(C3CC3)[nH]c2c1.Cc1noc(C)c1-c1cc(C(O)(c2ccccn2)C2CC2)c2nc(C3CC3)[nH]c2c1.[Br-].[CH-]1CC1.[Mg+2]. The van der Waals surface area contributed by atoms with Crippen LogP contribution in [-0.4, -0.2) is 87.4 Å². The van der Waals surface area contributed by atoms with E-state index in [0.29, 0.717) is 34.3 Å². The summed E-state index contributed by atoms with van der Waals surface area (Å²) in [4.78, 5) is 38.6. The molecule has 1 atom stereocenters. The molecule has 0 radical (unpaired) electrons. The van der Waals surface area contributed by atoms with Gasteiger partial charge in [0.25, 0.3) is 0 Å². The van der Waals surface area contributed by atoms with Crippen molar-refractivity contribution in [2.45, 2.75) is 109 Å². The van der Waals surface area contributed by atoms with Gasteiger partial charge in [-0.1, -0.05) is 22.4 Å². The fourth-order valence-corrected chi connectivity index (χ4v) is 8.72. The van der Waals surface area contributed by atoms with E-state index in [0.717, 1.165) is 118 Å². The van der Waals surface area contributed by atoms with Gasteiger partial charge in [-0.15, -0.1) is 0 Å². The summed E-state index contributed by atoms with van der Waals surface area (Å²) in [6, 6.07) is 19.2. The number of hydrogen-bond acceptors (Lipinski definition) is 11. The van der Waals surface area contributed by atoms with Crippen LogP contribution in [0.2, 0.25) is 0 Å². The van der Waals surface area contributed by atoms with Crippen LogP contribution in [0.25, 0.3) is 44.3 Å². The van der Waals surface area contributed by atoms with E-state index in [9.17, 15) is 9.90 Å². The van der Waals surface area contributed by atoms with Gasteiger partial charge in [-0.3, -0.25) is 14.8 Å². The summed E-state index contributed by atoms with van der Waals surface area (Å²) in [5.41, 5.74) is 10.0. The number of ketones is 1. The third kappa shape index (κ3) is 10.5. The Morgan fingerprint density at radius 3 is 1.70 bits per heavy atom. The Balaban J connectivity index is 0.000000152. The van der Waals surface area contributed by atoms with Crippen LogP contribution in [0.3, 0.4) is 0 Å². The molecule has 67 heavy (non-hydrogen) atoms. The summed E-state index contributed by atoms with van der Waals surface area (Å²) in [7, 11) is 0. The first-order chi connectivity index (χ1) is 31.7. The Morgan fingerprint density at radius 1 is 0.716 bits per heavy atom. The molecule has 0 amide bonds. The maximum Gasteiger partial charge on any atom is 2.00 e. The van der Waals surface area contributed by atoms with E-state index >= 15 is 0 Å². The van der Waals surface area contributed by atoms with Gasteiger partial charge in [0.1, 0.15) is 34.5 Å². The van der Waals surface area contributed by atoms with Crippen molar-refractivity contribution in [2.24, 2.45) is 5.92 Å². The average molecular weight is 976 g/mol. The number of nitrogens with zero attached hydrogens (tertiary/aromatic N) is 6. The van der Waals surface area contributed by atoms with Crippen LogP contribution < -0.4 is 17.0 Å². The molecule has 1 unspecified atom stereocenters. The number of fused-ring (bicyclic) bond motifs is 2. The second-order valence-corrected chi connectivity index (χ2v) is 18.0. The number of aryl methyl sites for hydroxylation is 4. The fourth-order valence-electron chi connectivity index (χ4n) is 8.72. The van der Waals surface area contributed by atoms with Crippen molar-refractivity contribution in [3.63, 3.8) is 0 Å². The first-order valence-electron chi connectivity index (χ1n) is 23.1. The minimum atomic E-state index is -1.18. The van der Waals surface area contributed by atoms with Crippen LogP contribution >= 0.6 is 0 Å². The van der Waals surface area contributed by atoms with E-state index in [4.69, 9.17) is 23.8 Å². The third-order valence-electron chi connectivity index (χ3n) is 12.7. The van der Waals surface area contributed by atoms with Gasteiger partial charge in [-0.05, 0) is 145 Å². The minimum Gasteiger partial charge on any atom is -1.00 e. The second-order valence-electron chi connectivity index (χ2n) is 18.0. The molecule has 4 aliphatic carbocycles. The van der Waals surface area contributed by atoms with Crippen molar-refractivity contribution in [2.75, 3.05) is 13.2 Å². The summed E-state index contributed by atoms with van der Waals surface area (Å²) < 4.78 is 15.7. The van der Waals surface area contributed by atoms with Crippen LogP contribution in [0.4, 0.5) is 0 Å². The molecular formula is C52H55BrMgN8O5. The Hall–Kier alpha value is -5.06. The summed E-state index contributed by atoms with van der Waals surface area (Å²) >= 11 is 0. The molecule has 5 fully saturated rings. The monoisotopic (exact) mass is 974 g/mol. The number of aromatic nitrogens is 8. The van der Waals surface area contributed by atoms with Crippen LogP contribution in [0.1, 0.15) is 138 Å². The molecule has 15 heteroatoms. The zero-order chi connectivity index (χ0) is 44.7. The quantitative estimate of drug-likeness (QED) is 0.0741. The van der Waals surface area contributed by atoms with E-state index in [1.807, 2.05) is 64.1 Å². The van der Waals surface area contributed by atoms with Gasteiger partial charge < -0.3 is 52.3 Å². The normalized spacial score (nSPS) is 16.9. The predicted octanol–water partition coefficient (Wildman–Crippen LogP) is 7.50. The maximum absolute atomic E-state index is 13.2. The number of H-pyrrole nitrogens is 2. The number of pyridine rings is 2. The molecule has 1 saturated heterocycles. The Labute approximate surface area is 416 Å². The van der Waals surface area contributed by atoms with Crippen LogP contribution in [0.15, 0.2) is 82.1 Å². The maximum atomic E-state index is 13.2. The number of rotatable bonds is 9. The van der Waals surface area contributed by atoms with Gasteiger partial charge >= 0.3 is 23.1 Å². The molecule has 13 rings (SSSR count). The number of halogens is 1. The van der Waals surface area contributed by atoms with E-state index in [-0.39, 0.29) is 51.7 Å². The van der Waals surface area contributed by atoms with Crippen molar-refractivity contribution >= 4 is 50.9 Å². The Kier molecular flexibility index (Phi) is 14.9. The molecule has 0 bridgehead atoms. The number of nitrogens with one attached hydrogen (secondary N) is 2. The Bertz CT molecular complexity index is 2920. The number of aliphatic hydroxyl groups is 1. The van der Waals surface area contributed by atoms with Crippen LogP contribution in [0.5, 0.6) is 0 Å². The minimum absolute atomic E-state index is 0. The smallest absolute Gasteiger partial charge is 1.00 e. The van der Waals surface area contributed by atoms with Gasteiger partial charge in [0.2, 0.25) is 5.78 Å². The predicted molar refractivity (Wildman–Crippen MR) is 253 cm³/mol. The molecule has 8 aromatic rings. The Morgan fingerprint density at radius 2 is 1.25 bits per heavy atom. The molecule has 7 heterocycles. The largest absolute Gasteiger partial charge is 2.00 e. The van der Waals surface area contributed by atoms with E-state index in [2.05, 4.69) is 48.8 Å². The topological polar surface area (TPSA) is 182 Å². The summed E-state index contributed by atoms with van der Waals surface area (Å²) in [5.74, 6) is 4.43. The number of carbonyl (C=O) groups excluding carboxylic acids is 1. The fraction of sp³-hybridized carbons (Fsp3) is 0.385. The molecule has 0 spiro atoms. The van der Waals surface area contributed by atoms with Crippen molar-refractivity contribution in [3.05, 3.63) is 137 Å². The second kappa shape index (κ2) is 20.7. The van der Waals surface area contributed by atoms with Gasteiger partial charge in [0.15, 0.2) is 0 Å². The van der Waals surface area contributed by atoms with Crippen LogP contribution in [0, 0.1) is 40.0 Å². The van der Waals surface area contributed by atoms with Gasteiger partial charge in [0.05, 0.1) is 44.7 Å². The summed E-state index contributed by atoms with van der Waals surface area (Å²) in [5, 5.41) is 20.3. The summed E-state index contributed by atoms with van der Waals surface area (Å²) in [6.07, 6.45) is 17.5. The molecular weight excluding hydrogens is 921 g/mol. The first kappa shape index (κ1) is 48.4. The van der Waals surface area contributed by atoms with Gasteiger partial charge in [0, 0.05) is 54.1 Å². The average Bonchev–Trinajstić information content (AvgIpc) is 4.17. The molecule has 5 aliphatic rings. The van der Waals surface area contributed by atoms with Crippen molar-refractivity contribution in [1.29, 1.82) is 0 Å². The van der Waals surface area contributed by atoms with E-state index < -0.39 is 5.60 Å². The zero-order valence-electron chi connectivity index (χ0n) is 38.6. The number of ether oxygens (including phenoxy) is 1. The van der Waals surface area contributed by atoms with Crippen molar-refractivity contribution < 1.29 is 40.7 Å². The number of benzene rings is 2. The van der Waals surface area contributed by atoms with Gasteiger partial charge in [-0.2, -0.15) is 0 Å². The number of aromatic amines is 2. The zero-order valence-corrected chi connectivity index (χ0v) is 41.6. The van der Waals surface area contributed by atoms with Crippen molar-refractivity contribution in [3.8, 4) is 22.3 Å². The third-order valence-corrected chi connectivity index (χ3v) is 12.7. The molecule has 2 aromatic carbocycles. The number of hydrogen-bond donors (Lipinski definition) is 3. The number of imidazole rings is 2. The molecule has 342 valence electrons. The van der Waals surface area contributed by atoms with E-state index in [1.54, 1.807) is 24.5 Å². The standard InChI is InChI=1S/C24H24N4O2.C21H18N4O2.C4H8O.C3H5.BrH.Mg/c1-13-21(14(2)30-28-13)16-11-18(22-19(12-16)26-23(27-22)15-6-7-15)24(29,17-8-9-17)20-5-3-4-10-25-20;1-11-18(12(2)27-25-11)14-9-15(20(26)16-5-3-4-8-22-16)19-17(10-14)23-21(24-19)13-6-7-13;1-2-4-5-3-1;1-2-3-1;;/h3-5,10-12,15,17,29H,6-9H2,1-2H3,(H,26,27);3-5,8-10,13H,6-7H2,1-2H3,(H,23,24);1-4H2;1H,2-3H2;1H;/q;;;-1;;+2/p-1. The molecule has 13 nitrogen and oxygen atoms in total. The molecule has 1 aliphatic heterocycles. The number of carbonyl (C=O) groups is 1. The molecule has 3 N–H and O–H groups in total. The molecule has 4 saturated carbocycles. The van der Waals surface area contributed by atoms with Gasteiger partial charge in [-0.25, -0.2) is 22.8 Å².